The normalized spacial score (nSPS) is 18.7. The Labute approximate surface area is 230 Å². The standard InChI is InChI=1S/C36H45N2/c1-8-10-23-37-30-21-19-26(3)25-29(30)35(4,5)32(37)17-14-18-33-36(6,7)34-28-16-13-12-15-27(28)20-22-31(34)38(33)24-11-9-2/h12-22,25H,8-11,23-24H2,1-7H3/q+1. The molecule has 3 aromatic carbocycles. The van der Waals surface area contributed by atoms with E-state index in [1.165, 1.54) is 75.9 Å². The van der Waals surface area contributed by atoms with E-state index in [-0.39, 0.29) is 10.8 Å². The first-order valence-corrected chi connectivity index (χ1v) is 14.7. The summed E-state index contributed by atoms with van der Waals surface area (Å²) < 4.78 is 2.59. The lowest BCUT2D eigenvalue weighted by Gasteiger charge is -2.27. The summed E-state index contributed by atoms with van der Waals surface area (Å²) in [6, 6.07) is 20.5. The van der Waals surface area contributed by atoms with Crippen LogP contribution < -0.4 is 4.90 Å². The maximum atomic E-state index is 2.59. The first-order valence-electron chi connectivity index (χ1n) is 14.7. The predicted octanol–water partition coefficient (Wildman–Crippen LogP) is 9.36. The average Bonchev–Trinajstić information content (AvgIpc) is 3.24. The molecule has 0 fully saturated rings. The predicted molar refractivity (Wildman–Crippen MR) is 165 cm³/mol. The number of fused-ring (bicyclic) bond motifs is 4. The summed E-state index contributed by atoms with van der Waals surface area (Å²) in [4.78, 5) is 2.57. The van der Waals surface area contributed by atoms with E-state index in [0.717, 1.165) is 13.1 Å². The molecule has 0 atom stereocenters. The Kier molecular flexibility index (Phi) is 7.11. The van der Waals surface area contributed by atoms with Crippen LogP contribution in [-0.4, -0.2) is 23.4 Å². The third-order valence-electron chi connectivity index (χ3n) is 8.78. The van der Waals surface area contributed by atoms with Gasteiger partial charge in [0, 0.05) is 47.5 Å². The van der Waals surface area contributed by atoms with Crippen LogP contribution in [0.4, 0.5) is 11.4 Å². The van der Waals surface area contributed by atoms with Gasteiger partial charge >= 0.3 is 0 Å². The van der Waals surface area contributed by atoms with Crippen molar-refractivity contribution >= 4 is 27.9 Å². The van der Waals surface area contributed by atoms with Crippen molar-refractivity contribution in [1.29, 1.82) is 0 Å². The van der Waals surface area contributed by atoms with Crippen molar-refractivity contribution in [3.05, 3.63) is 95.2 Å². The van der Waals surface area contributed by atoms with Crippen molar-refractivity contribution in [3.8, 4) is 0 Å². The summed E-state index contributed by atoms with van der Waals surface area (Å²) in [5.41, 5.74) is 9.74. The van der Waals surface area contributed by atoms with Gasteiger partial charge in [-0.05, 0) is 61.7 Å². The third kappa shape index (κ3) is 4.32. The van der Waals surface area contributed by atoms with Crippen molar-refractivity contribution in [1.82, 2.24) is 0 Å². The van der Waals surface area contributed by atoms with Gasteiger partial charge in [0.25, 0.3) is 0 Å². The SMILES string of the molecule is CCCCN1/C(=C/C=C/C2=[N+](CCCC)c3ccc4ccccc4c3C2(C)C)C(C)(C)c2cc(C)ccc21. The Bertz CT molecular complexity index is 1450. The van der Waals surface area contributed by atoms with Crippen molar-refractivity contribution in [2.24, 2.45) is 0 Å². The van der Waals surface area contributed by atoms with Crippen LogP contribution in [0.5, 0.6) is 0 Å². The van der Waals surface area contributed by atoms with Crippen LogP contribution >= 0.6 is 0 Å². The molecule has 0 unspecified atom stereocenters. The lowest BCUT2D eigenvalue weighted by molar-refractivity contribution is -0.438. The van der Waals surface area contributed by atoms with Gasteiger partial charge in [-0.25, -0.2) is 0 Å². The largest absolute Gasteiger partial charge is 0.344 e. The van der Waals surface area contributed by atoms with Crippen LogP contribution in [0.1, 0.15) is 83.9 Å². The van der Waals surface area contributed by atoms with Crippen molar-refractivity contribution in [2.45, 2.75) is 85.0 Å². The molecule has 2 nitrogen and oxygen atoms in total. The minimum Gasteiger partial charge on any atom is -0.344 e. The quantitative estimate of drug-likeness (QED) is 0.276. The van der Waals surface area contributed by atoms with Crippen molar-refractivity contribution < 1.29 is 4.58 Å². The molecule has 0 saturated carbocycles. The van der Waals surface area contributed by atoms with Gasteiger partial charge in [-0.1, -0.05) is 88.6 Å². The molecule has 5 rings (SSSR count). The number of hydrogen-bond donors (Lipinski definition) is 0. The third-order valence-corrected chi connectivity index (χ3v) is 8.78. The van der Waals surface area contributed by atoms with Gasteiger partial charge in [0.1, 0.15) is 6.54 Å². The van der Waals surface area contributed by atoms with Gasteiger partial charge in [0.2, 0.25) is 5.69 Å². The number of hydrogen-bond acceptors (Lipinski definition) is 1. The molecule has 2 heteroatoms. The first-order chi connectivity index (χ1) is 18.2. The Hall–Kier alpha value is -3.13. The molecular weight excluding hydrogens is 460 g/mol. The van der Waals surface area contributed by atoms with Crippen LogP contribution in [0, 0.1) is 6.92 Å². The molecular formula is C36H45N2+. The van der Waals surface area contributed by atoms with E-state index in [2.05, 4.69) is 131 Å². The summed E-state index contributed by atoms with van der Waals surface area (Å²) in [6.07, 6.45) is 11.9. The molecule has 2 heterocycles. The minimum absolute atomic E-state index is 0.0175. The Morgan fingerprint density at radius 1 is 0.868 bits per heavy atom. The number of allylic oxidation sites excluding steroid dienone is 4. The molecule has 0 radical (unpaired) electrons. The maximum Gasteiger partial charge on any atom is 0.210 e. The van der Waals surface area contributed by atoms with Gasteiger partial charge < -0.3 is 4.90 Å². The zero-order valence-corrected chi connectivity index (χ0v) is 24.6. The lowest BCUT2D eigenvalue weighted by atomic mass is 9.79. The van der Waals surface area contributed by atoms with Crippen LogP contribution in [0.3, 0.4) is 0 Å². The highest BCUT2D eigenvalue weighted by Crippen LogP contribution is 2.48. The molecule has 3 aromatic rings. The summed E-state index contributed by atoms with van der Waals surface area (Å²) in [6.45, 7) is 18.5. The molecule has 0 N–H and O–H groups in total. The number of unbranched alkanes of at least 4 members (excludes halogenated alkanes) is 2. The van der Waals surface area contributed by atoms with Gasteiger partial charge in [-0.3, -0.25) is 0 Å². The molecule has 0 aromatic heterocycles. The molecule has 0 saturated heterocycles. The van der Waals surface area contributed by atoms with Gasteiger partial charge in [0.05, 0.1) is 5.41 Å². The summed E-state index contributed by atoms with van der Waals surface area (Å²) >= 11 is 0. The highest BCUT2D eigenvalue weighted by atomic mass is 15.2. The first kappa shape index (κ1) is 26.5. The number of aryl methyl sites for hydroxylation is 1. The average molecular weight is 506 g/mol. The number of anilines is 1. The van der Waals surface area contributed by atoms with Gasteiger partial charge in [-0.15, -0.1) is 0 Å². The van der Waals surface area contributed by atoms with Crippen LogP contribution in [0.25, 0.3) is 10.8 Å². The molecule has 0 aliphatic carbocycles. The Morgan fingerprint density at radius 3 is 2.39 bits per heavy atom. The molecule has 198 valence electrons. The van der Waals surface area contributed by atoms with Crippen LogP contribution in [0.15, 0.2) is 78.5 Å². The second kappa shape index (κ2) is 10.2. The molecule has 0 amide bonds. The molecule has 0 spiro atoms. The topological polar surface area (TPSA) is 6.25 Å². The van der Waals surface area contributed by atoms with Crippen molar-refractivity contribution in [2.75, 3.05) is 18.0 Å². The van der Waals surface area contributed by atoms with E-state index in [1.807, 2.05) is 0 Å². The van der Waals surface area contributed by atoms with Crippen LogP contribution in [0.2, 0.25) is 0 Å². The summed E-state index contributed by atoms with van der Waals surface area (Å²) in [5, 5.41) is 2.71. The Morgan fingerprint density at radius 2 is 1.63 bits per heavy atom. The second-order valence-electron chi connectivity index (χ2n) is 12.3. The van der Waals surface area contributed by atoms with Crippen molar-refractivity contribution in [3.63, 3.8) is 0 Å². The van der Waals surface area contributed by atoms with Gasteiger partial charge in [0.15, 0.2) is 5.71 Å². The molecule has 0 bridgehead atoms. The zero-order chi connectivity index (χ0) is 27.1. The number of nitrogens with zero attached hydrogens (tertiary/aromatic N) is 2. The highest BCUT2D eigenvalue weighted by Gasteiger charge is 2.45. The molecule has 2 aliphatic heterocycles. The van der Waals surface area contributed by atoms with E-state index < -0.39 is 0 Å². The lowest BCUT2D eigenvalue weighted by Crippen LogP contribution is -2.28. The maximum absolute atomic E-state index is 2.59. The highest BCUT2D eigenvalue weighted by molar-refractivity contribution is 6.07. The summed E-state index contributed by atoms with van der Waals surface area (Å²) in [5.74, 6) is 0. The zero-order valence-electron chi connectivity index (χ0n) is 24.6. The van der Waals surface area contributed by atoms with E-state index in [4.69, 9.17) is 0 Å². The second-order valence-corrected chi connectivity index (χ2v) is 12.3. The van der Waals surface area contributed by atoms with Gasteiger partial charge in [-0.2, -0.15) is 4.58 Å². The van der Waals surface area contributed by atoms with E-state index in [1.54, 1.807) is 0 Å². The summed E-state index contributed by atoms with van der Waals surface area (Å²) in [7, 11) is 0. The van der Waals surface area contributed by atoms with Crippen LogP contribution in [-0.2, 0) is 10.8 Å². The Balaban J connectivity index is 1.59. The fourth-order valence-corrected chi connectivity index (χ4v) is 6.67. The monoisotopic (exact) mass is 505 g/mol. The van der Waals surface area contributed by atoms with E-state index in [9.17, 15) is 0 Å². The molecule has 2 aliphatic rings. The van der Waals surface area contributed by atoms with E-state index in [0.29, 0.717) is 0 Å². The number of benzene rings is 3. The fourth-order valence-electron chi connectivity index (χ4n) is 6.67. The number of rotatable bonds is 8. The fraction of sp³-hybridized carbons (Fsp3) is 0.417. The van der Waals surface area contributed by atoms with E-state index >= 15 is 0 Å². The minimum atomic E-state index is -0.0634. The molecule has 38 heavy (non-hydrogen) atoms. The smallest absolute Gasteiger partial charge is 0.210 e.